The van der Waals surface area contributed by atoms with Gasteiger partial charge in [0.15, 0.2) is 5.75 Å². The minimum absolute atomic E-state index is 0.0491. The van der Waals surface area contributed by atoms with E-state index in [-0.39, 0.29) is 32.5 Å². The Balaban J connectivity index is 2.36. The molecule has 0 amide bonds. The summed E-state index contributed by atoms with van der Waals surface area (Å²) in [7, 11) is 1.33. The molecule has 0 spiro atoms. The molecule has 0 aliphatic carbocycles. The van der Waals surface area contributed by atoms with E-state index in [1.54, 1.807) is 0 Å². The van der Waals surface area contributed by atoms with Crippen LogP contribution >= 0.6 is 15.9 Å². The van der Waals surface area contributed by atoms with Gasteiger partial charge in [0, 0.05) is 32.3 Å². The Morgan fingerprint density at radius 2 is 1.22 bits per heavy atom. The number of rotatable bonds is 1. The van der Waals surface area contributed by atoms with Gasteiger partial charge >= 0.3 is 0 Å². The molecule has 0 saturated heterocycles. The van der Waals surface area contributed by atoms with E-state index < -0.39 is 10.9 Å². The van der Waals surface area contributed by atoms with Crippen molar-refractivity contribution in [2.45, 2.75) is 0 Å². The van der Waals surface area contributed by atoms with E-state index >= 15 is 0 Å². The smallest absolute Gasteiger partial charge is 0.230 e. The van der Waals surface area contributed by atoms with Crippen LogP contribution in [0, 0.1) is 0 Å². The summed E-state index contributed by atoms with van der Waals surface area (Å²) >= 11 is 3.18. The molecule has 0 aromatic heterocycles. The average molecular weight is 423 g/mol. The summed E-state index contributed by atoms with van der Waals surface area (Å²) in [6.45, 7) is 0. The van der Waals surface area contributed by atoms with E-state index in [9.17, 15) is 19.8 Å². The fourth-order valence-electron chi connectivity index (χ4n) is 4.11. The summed E-state index contributed by atoms with van der Waals surface area (Å²) in [6, 6.07) is 10.1. The summed E-state index contributed by atoms with van der Waals surface area (Å²) in [5.74, 6) is -0.198. The number of ether oxygens (including phenoxy) is 1. The lowest BCUT2D eigenvalue weighted by atomic mass is 9.85. The fourth-order valence-corrected chi connectivity index (χ4v) is 4.65. The van der Waals surface area contributed by atoms with Gasteiger partial charge in [0.1, 0.15) is 16.0 Å². The lowest BCUT2D eigenvalue weighted by molar-refractivity contribution is 0.408. The molecule has 0 heterocycles. The quantitative estimate of drug-likeness (QED) is 0.314. The van der Waals surface area contributed by atoms with Crippen molar-refractivity contribution in [3.8, 4) is 17.2 Å². The lowest BCUT2D eigenvalue weighted by Gasteiger charge is -2.18. The Kier molecular flexibility index (Phi) is 3.10. The van der Waals surface area contributed by atoms with Crippen LogP contribution in [0.3, 0.4) is 0 Å². The highest BCUT2D eigenvalue weighted by atomic mass is 79.9. The van der Waals surface area contributed by atoms with E-state index in [1.807, 2.05) is 24.3 Å². The molecule has 6 heteroatoms. The molecular weight excluding hydrogens is 412 g/mol. The molecule has 132 valence electrons. The fraction of sp³-hybridized carbons (Fsp3) is 0.0476. The van der Waals surface area contributed by atoms with Gasteiger partial charge in [-0.2, -0.15) is 0 Å². The van der Waals surface area contributed by atoms with Crippen molar-refractivity contribution in [3.63, 3.8) is 0 Å². The molecule has 2 N–H and O–H groups in total. The first-order valence-electron chi connectivity index (χ1n) is 8.14. The van der Waals surface area contributed by atoms with Gasteiger partial charge in [0.2, 0.25) is 10.9 Å². The predicted octanol–water partition coefficient (Wildman–Crippen LogP) is 4.08. The maximum Gasteiger partial charge on any atom is 0.230 e. The van der Waals surface area contributed by atoms with E-state index in [0.717, 1.165) is 10.8 Å². The Morgan fingerprint density at radius 3 is 1.70 bits per heavy atom. The molecule has 0 atom stereocenters. The van der Waals surface area contributed by atoms with E-state index in [4.69, 9.17) is 4.74 Å². The summed E-state index contributed by atoms with van der Waals surface area (Å²) in [6.07, 6.45) is 0. The highest BCUT2D eigenvalue weighted by molar-refractivity contribution is 9.10. The second-order valence-electron chi connectivity index (χ2n) is 6.40. The van der Waals surface area contributed by atoms with Crippen LogP contribution in [-0.2, 0) is 0 Å². The zero-order valence-electron chi connectivity index (χ0n) is 14.0. The van der Waals surface area contributed by atoms with Crippen molar-refractivity contribution in [1.82, 2.24) is 0 Å². The number of hydrogen-bond acceptors (Lipinski definition) is 5. The van der Waals surface area contributed by atoms with Crippen LogP contribution in [0.25, 0.3) is 43.1 Å². The minimum Gasteiger partial charge on any atom is -0.507 e. The lowest BCUT2D eigenvalue weighted by Crippen LogP contribution is -2.17. The van der Waals surface area contributed by atoms with Crippen LogP contribution in [0.4, 0.5) is 0 Å². The second-order valence-corrected chi connectivity index (χ2v) is 7.20. The van der Waals surface area contributed by atoms with Gasteiger partial charge in [-0.3, -0.25) is 9.59 Å². The first-order valence-corrected chi connectivity index (χ1v) is 8.94. The summed E-state index contributed by atoms with van der Waals surface area (Å²) in [5.41, 5.74) is -0.828. The third-order valence-electron chi connectivity index (χ3n) is 5.14. The SMILES string of the molecule is COc1c(Br)c(=O)c2c(c1=O)c1c3ccccc3c2c2c(O)ccc(O)c21. The molecule has 0 aliphatic heterocycles. The van der Waals surface area contributed by atoms with Crippen molar-refractivity contribution >= 4 is 59.0 Å². The number of phenolic OH excluding ortho intramolecular Hbond substituents is 2. The van der Waals surface area contributed by atoms with Crippen LogP contribution < -0.4 is 15.6 Å². The maximum absolute atomic E-state index is 13.2. The third-order valence-corrected chi connectivity index (χ3v) is 5.86. The Bertz CT molecular complexity index is 1520. The topological polar surface area (TPSA) is 83.8 Å². The molecule has 0 radical (unpaired) electrons. The first-order chi connectivity index (χ1) is 13.0. The molecule has 0 saturated carbocycles. The molecule has 5 nitrogen and oxygen atoms in total. The first kappa shape index (κ1) is 16.1. The summed E-state index contributed by atoms with van der Waals surface area (Å²) in [4.78, 5) is 26.3. The number of methoxy groups -OCH3 is 1. The third kappa shape index (κ3) is 1.78. The number of halogens is 1. The maximum atomic E-state index is 13.2. The van der Waals surface area contributed by atoms with Gasteiger partial charge in [-0.15, -0.1) is 0 Å². The Morgan fingerprint density at radius 1 is 0.741 bits per heavy atom. The second kappa shape index (κ2) is 5.20. The average Bonchev–Trinajstić information content (AvgIpc) is 2.68. The highest BCUT2D eigenvalue weighted by Gasteiger charge is 2.27. The number of benzene rings is 6. The van der Waals surface area contributed by atoms with Crippen molar-refractivity contribution in [3.05, 3.63) is 61.3 Å². The van der Waals surface area contributed by atoms with Gasteiger partial charge in [-0.25, -0.2) is 0 Å². The predicted molar refractivity (Wildman–Crippen MR) is 109 cm³/mol. The van der Waals surface area contributed by atoms with Gasteiger partial charge in [0.25, 0.3) is 0 Å². The summed E-state index contributed by atoms with van der Waals surface area (Å²) < 4.78 is 5.22. The van der Waals surface area contributed by atoms with E-state index in [1.165, 1.54) is 19.2 Å². The van der Waals surface area contributed by atoms with Gasteiger partial charge in [0.05, 0.1) is 7.11 Å². The normalized spacial score (nSPS) is 11.9. The van der Waals surface area contributed by atoms with E-state index in [0.29, 0.717) is 21.5 Å². The van der Waals surface area contributed by atoms with Crippen LogP contribution in [0.15, 0.2) is 50.5 Å². The van der Waals surface area contributed by atoms with Crippen molar-refractivity contribution in [1.29, 1.82) is 0 Å². The molecule has 27 heavy (non-hydrogen) atoms. The largest absolute Gasteiger partial charge is 0.507 e. The molecule has 0 fully saturated rings. The van der Waals surface area contributed by atoms with E-state index in [2.05, 4.69) is 15.9 Å². The molecule has 6 aromatic rings. The molecule has 2 bridgehead atoms. The number of phenols is 2. The molecule has 6 rings (SSSR count). The zero-order chi connectivity index (χ0) is 19.0. The number of hydrogen-bond donors (Lipinski definition) is 2. The van der Waals surface area contributed by atoms with Crippen molar-refractivity contribution < 1.29 is 14.9 Å². The van der Waals surface area contributed by atoms with Crippen molar-refractivity contribution in [2.75, 3.05) is 7.11 Å². The zero-order valence-corrected chi connectivity index (χ0v) is 15.5. The molecule has 6 aromatic carbocycles. The van der Waals surface area contributed by atoms with Crippen molar-refractivity contribution in [2.24, 2.45) is 0 Å². The monoisotopic (exact) mass is 422 g/mol. The van der Waals surface area contributed by atoms with Crippen LogP contribution in [0.1, 0.15) is 0 Å². The molecule has 0 aliphatic rings. The summed E-state index contributed by atoms with van der Waals surface area (Å²) in [5, 5.41) is 24.5. The van der Waals surface area contributed by atoms with Crippen LogP contribution in [-0.4, -0.2) is 17.3 Å². The highest BCUT2D eigenvalue weighted by Crippen LogP contribution is 2.48. The van der Waals surface area contributed by atoms with Gasteiger partial charge < -0.3 is 14.9 Å². The Labute approximate surface area is 159 Å². The Hall–Kier alpha value is -3.12. The van der Waals surface area contributed by atoms with Crippen LogP contribution in [0.2, 0.25) is 0 Å². The molecular formula is C21H11BrO5. The minimum atomic E-state index is -0.436. The number of aromatic hydroxyl groups is 2. The van der Waals surface area contributed by atoms with Gasteiger partial charge in [-0.05, 0) is 38.8 Å². The van der Waals surface area contributed by atoms with Gasteiger partial charge in [-0.1, -0.05) is 24.3 Å². The van der Waals surface area contributed by atoms with Crippen LogP contribution in [0.5, 0.6) is 17.2 Å². The molecule has 0 unspecified atom stereocenters. The standard InChI is InChI=1S/C21H11BrO5/c1-27-21-18(22)19(25)16-12-8-4-2-3-5-9(8)13(17(16)20(21)26)15-11(24)7-6-10(23)14(12)15/h2-7,23-24H,1H3.